The molecule has 4 aromatic rings. The van der Waals surface area contributed by atoms with E-state index in [1.54, 1.807) is 18.1 Å². The Morgan fingerprint density at radius 2 is 2.09 bits per heavy atom. The van der Waals surface area contributed by atoms with Crippen LogP contribution in [0.1, 0.15) is 54.1 Å². The maximum absolute atomic E-state index is 13.1. The zero-order valence-electron chi connectivity index (χ0n) is 20.2. The summed E-state index contributed by atoms with van der Waals surface area (Å²) in [6, 6.07) is 9.87. The lowest BCUT2D eigenvalue weighted by Gasteiger charge is -2.30. The fraction of sp³-hybridized carbons (Fsp3) is 0.440. The van der Waals surface area contributed by atoms with Crippen molar-refractivity contribution in [2.24, 2.45) is 0 Å². The molecule has 9 nitrogen and oxygen atoms in total. The Hall–Kier alpha value is -3.30. The van der Waals surface area contributed by atoms with Gasteiger partial charge in [0, 0.05) is 30.1 Å². The standard InChI is InChI=1S/C25H32N6O3/c1-5-7-23(24-27-28-29-31(24)9-11-33-4)30(16-20-8-6-10-34-20)15-19-14-21-18(3)12-17(2)13-22(21)26-25(19)32/h6,8,10,12-14,23H,5,7,9,11,15-16H2,1-4H3,(H,26,32)/t23-/m1/s1. The van der Waals surface area contributed by atoms with Gasteiger partial charge in [0.25, 0.3) is 5.56 Å². The van der Waals surface area contributed by atoms with Gasteiger partial charge < -0.3 is 14.1 Å². The summed E-state index contributed by atoms with van der Waals surface area (Å²) in [5.74, 6) is 1.58. The first-order valence-electron chi connectivity index (χ1n) is 11.6. The number of benzene rings is 1. The monoisotopic (exact) mass is 464 g/mol. The minimum atomic E-state index is -0.101. The van der Waals surface area contributed by atoms with Gasteiger partial charge in [0.2, 0.25) is 0 Å². The molecule has 3 aromatic heterocycles. The Labute approximate surface area is 198 Å². The predicted octanol–water partition coefficient (Wildman–Crippen LogP) is 3.91. The molecule has 34 heavy (non-hydrogen) atoms. The fourth-order valence-electron chi connectivity index (χ4n) is 4.47. The van der Waals surface area contributed by atoms with Gasteiger partial charge >= 0.3 is 0 Å². The largest absolute Gasteiger partial charge is 0.468 e. The molecule has 0 aliphatic carbocycles. The number of aromatic amines is 1. The van der Waals surface area contributed by atoms with Crippen LogP contribution >= 0.6 is 0 Å². The van der Waals surface area contributed by atoms with Crippen molar-refractivity contribution in [1.82, 2.24) is 30.1 Å². The third-order valence-corrected chi connectivity index (χ3v) is 6.07. The van der Waals surface area contributed by atoms with E-state index in [2.05, 4.69) is 45.3 Å². The molecule has 0 aliphatic heterocycles. The van der Waals surface area contributed by atoms with Crippen LogP contribution in [0.3, 0.4) is 0 Å². The highest BCUT2D eigenvalue weighted by atomic mass is 16.5. The fourth-order valence-corrected chi connectivity index (χ4v) is 4.47. The number of nitrogens with one attached hydrogen (secondary N) is 1. The van der Waals surface area contributed by atoms with E-state index < -0.39 is 0 Å². The topological polar surface area (TPSA) is 102 Å². The number of aryl methyl sites for hydroxylation is 2. The number of hydrogen-bond donors (Lipinski definition) is 1. The van der Waals surface area contributed by atoms with E-state index in [9.17, 15) is 4.79 Å². The number of pyridine rings is 1. The first-order valence-corrected chi connectivity index (χ1v) is 11.6. The summed E-state index contributed by atoms with van der Waals surface area (Å²) in [5, 5.41) is 13.5. The number of H-pyrrole nitrogens is 1. The predicted molar refractivity (Wildman–Crippen MR) is 129 cm³/mol. The number of methoxy groups -OCH3 is 1. The van der Waals surface area contributed by atoms with Crippen LogP contribution in [0.4, 0.5) is 0 Å². The van der Waals surface area contributed by atoms with Crippen LogP contribution in [0.5, 0.6) is 0 Å². The number of fused-ring (bicyclic) bond motifs is 1. The van der Waals surface area contributed by atoms with Crippen LogP contribution in [0.15, 0.2) is 45.8 Å². The first-order chi connectivity index (χ1) is 16.5. The molecule has 0 radical (unpaired) electrons. The van der Waals surface area contributed by atoms with Crippen LogP contribution in [0.25, 0.3) is 10.9 Å². The number of tetrazole rings is 1. The summed E-state index contributed by atoms with van der Waals surface area (Å²) < 4.78 is 12.7. The molecule has 0 amide bonds. The molecule has 0 spiro atoms. The molecular weight excluding hydrogens is 432 g/mol. The normalized spacial score (nSPS) is 12.6. The van der Waals surface area contributed by atoms with Gasteiger partial charge in [-0.1, -0.05) is 19.4 Å². The van der Waals surface area contributed by atoms with Gasteiger partial charge in [0.05, 0.1) is 32.0 Å². The van der Waals surface area contributed by atoms with Gasteiger partial charge in [-0.3, -0.25) is 9.69 Å². The number of ether oxygens (including phenoxy) is 1. The molecule has 0 saturated heterocycles. The van der Waals surface area contributed by atoms with Crippen molar-refractivity contribution in [2.45, 2.75) is 59.3 Å². The van der Waals surface area contributed by atoms with Crippen molar-refractivity contribution >= 4 is 10.9 Å². The Bertz CT molecular complexity index is 1280. The van der Waals surface area contributed by atoms with Gasteiger partial charge in [-0.05, 0) is 66.1 Å². The molecule has 4 rings (SSSR count). The van der Waals surface area contributed by atoms with Gasteiger partial charge in [-0.15, -0.1) is 5.10 Å². The summed E-state index contributed by atoms with van der Waals surface area (Å²) in [5.41, 5.74) is 3.73. The number of rotatable bonds is 11. The second-order valence-electron chi connectivity index (χ2n) is 8.71. The van der Waals surface area contributed by atoms with Crippen LogP contribution < -0.4 is 5.56 Å². The second kappa shape index (κ2) is 10.8. The second-order valence-corrected chi connectivity index (χ2v) is 8.71. The van der Waals surface area contributed by atoms with Crippen molar-refractivity contribution in [2.75, 3.05) is 13.7 Å². The Kier molecular flexibility index (Phi) is 7.54. The van der Waals surface area contributed by atoms with E-state index in [0.717, 1.165) is 46.5 Å². The van der Waals surface area contributed by atoms with Crippen LogP contribution in [-0.2, 0) is 24.4 Å². The van der Waals surface area contributed by atoms with Crippen molar-refractivity contribution in [3.05, 3.63) is 75.2 Å². The molecule has 0 fully saturated rings. The lowest BCUT2D eigenvalue weighted by Crippen LogP contribution is -2.32. The Morgan fingerprint density at radius 3 is 2.82 bits per heavy atom. The molecule has 0 aliphatic rings. The highest BCUT2D eigenvalue weighted by molar-refractivity contribution is 5.83. The van der Waals surface area contributed by atoms with Gasteiger partial charge in [-0.25, -0.2) is 4.68 Å². The third-order valence-electron chi connectivity index (χ3n) is 6.07. The maximum atomic E-state index is 13.1. The number of nitrogens with zero attached hydrogens (tertiary/aromatic N) is 5. The molecule has 180 valence electrons. The first kappa shape index (κ1) is 23.8. The van der Waals surface area contributed by atoms with E-state index in [4.69, 9.17) is 9.15 Å². The Morgan fingerprint density at radius 1 is 1.24 bits per heavy atom. The quantitative estimate of drug-likeness (QED) is 0.359. The summed E-state index contributed by atoms with van der Waals surface area (Å²) in [4.78, 5) is 18.4. The average Bonchev–Trinajstić information content (AvgIpc) is 3.48. The molecule has 0 unspecified atom stereocenters. The van der Waals surface area contributed by atoms with E-state index in [1.807, 2.05) is 31.2 Å². The van der Waals surface area contributed by atoms with E-state index in [-0.39, 0.29) is 11.6 Å². The van der Waals surface area contributed by atoms with E-state index in [1.165, 1.54) is 0 Å². The third kappa shape index (κ3) is 5.26. The van der Waals surface area contributed by atoms with Crippen molar-refractivity contribution < 1.29 is 9.15 Å². The average molecular weight is 465 g/mol. The molecular formula is C25H32N6O3. The number of furan rings is 1. The highest BCUT2D eigenvalue weighted by Gasteiger charge is 2.27. The van der Waals surface area contributed by atoms with Crippen LogP contribution in [0.2, 0.25) is 0 Å². The molecule has 1 atom stereocenters. The smallest absolute Gasteiger partial charge is 0.252 e. The zero-order chi connectivity index (χ0) is 24.1. The lowest BCUT2D eigenvalue weighted by atomic mass is 10.0. The van der Waals surface area contributed by atoms with E-state index >= 15 is 0 Å². The summed E-state index contributed by atoms with van der Waals surface area (Å²) >= 11 is 0. The summed E-state index contributed by atoms with van der Waals surface area (Å²) in [6.45, 7) is 8.27. The summed E-state index contributed by atoms with van der Waals surface area (Å²) in [6.07, 6.45) is 3.43. The summed E-state index contributed by atoms with van der Waals surface area (Å²) in [7, 11) is 1.66. The molecule has 3 heterocycles. The maximum Gasteiger partial charge on any atom is 0.252 e. The zero-order valence-corrected chi connectivity index (χ0v) is 20.2. The Balaban J connectivity index is 1.74. The highest BCUT2D eigenvalue weighted by Crippen LogP contribution is 2.28. The van der Waals surface area contributed by atoms with Crippen molar-refractivity contribution in [3.8, 4) is 0 Å². The van der Waals surface area contributed by atoms with Crippen LogP contribution in [0, 0.1) is 13.8 Å². The minimum absolute atomic E-state index is 0.0869. The molecule has 0 bridgehead atoms. The van der Waals surface area contributed by atoms with Crippen molar-refractivity contribution in [3.63, 3.8) is 0 Å². The minimum Gasteiger partial charge on any atom is -0.468 e. The molecule has 1 aromatic carbocycles. The van der Waals surface area contributed by atoms with Gasteiger partial charge in [-0.2, -0.15) is 0 Å². The van der Waals surface area contributed by atoms with E-state index in [0.29, 0.717) is 31.8 Å². The number of hydrogen-bond acceptors (Lipinski definition) is 7. The van der Waals surface area contributed by atoms with Crippen molar-refractivity contribution in [1.29, 1.82) is 0 Å². The van der Waals surface area contributed by atoms with Gasteiger partial charge in [0.1, 0.15) is 5.76 Å². The molecule has 0 saturated carbocycles. The lowest BCUT2D eigenvalue weighted by molar-refractivity contribution is 0.138. The van der Waals surface area contributed by atoms with Crippen LogP contribution in [-0.4, -0.2) is 43.8 Å². The van der Waals surface area contributed by atoms with Gasteiger partial charge in [0.15, 0.2) is 5.82 Å². The molecule has 1 N–H and O–H groups in total. The SMILES string of the molecule is CCC[C@H](c1nnnn1CCOC)N(Cc1ccco1)Cc1cc2c(C)cc(C)cc2[nH]c1=O. The molecule has 9 heteroatoms. The number of aromatic nitrogens is 5.